The smallest absolute Gasteiger partial charge is 0.266 e. The third kappa shape index (κ3) is 7.94. The minimum absolute atomic E-state index is 0.0574. The van der Waals surface area contributed by atoms with Crippen molar-refractivity contribution in [2.75, 3.05) is 72.6 Å². The second-order valence-electron chi connectivity index (χ2n) is 13.5. The Morgan fingerprint density at radius 1 is 0.980 bits per heavy atom. The molecule has 2 aromatic rings. The zero-order valence-electron chi connectivity index (χ0n) is 30.5. The Bertz CT molecular complexity index is 1640. The summed E-state index contributed by atoms with van der Waals surface area (Å²) in [5.74, 6) is 1.01. The number of amides is 2. The molecule has 2 aliphatic heterocycles. The number of carbonyl (C=O) groups is 2. The Balaban J connectivity index is 1.47. The lowest BCUT2D eigenvalue weighted by molar-refractivity contribution is -0.146. The van der Waals surface area contributed by atoms with Crippen LogP contribution in [0.25, 0.3) is 5.57 Å². The topological polar surface area (TPSA) is 152 Å². The van der Waals surface area contributed by atoms with E-state index in [0.29, 0.717) is 80.0 Å². The number of nitrogens with one attached hydrogen (secondary N) is 2. The van der Waals surface area contributed by atoms with E-state index < -0.39 is 5.60 Å². The van der Waals surface area contributed by atoms with Gasteiger partial charge in [0.15, 0.2) is 17.1 Å². The number of benzene rings is 2. The second kappa shape index (κ2) is 16.3. The molecule has 2 aromatic carbocycles. The monoisotopic (exact) mass is 726 g/mol. The van der Waals surface area contributed by atoms with Crippen molar-refractivity contribution in [3.63, 3.8) is 0 Å². The van der Waals surface area contributed by atoms with E-state index in [2.05, 4.69) is 10.2 Å². The minimum atomic E-state index is -1.28. The highest BCUT2D eigenvalue weighted by atomic mass is 35.5. The Labute approximate surface area is 305 Å². The molecule has 1 saturated carbocycles. The van der Waals surface area contributed by atoms with Crippen molar-refractivity contribution in [2.45, 2.75) is 57.7 Å². The van der Waals surface area contributed by atoms with Gasteiger partial charge in [-0.2, -0.15) is 0 Å². The molecule has 5 rings (SSSR count). The fourth-order valence-corrected chi connectivity index (χ4v) is 7.20. The number of carbonyl (C=O) groups excluding carboxylic acids is 2. The van der Waals surface area contributed by atoms with Gasteiger partial charge in [-0.15, -0.1) is 0 Å². The lowest BCUT2D eigenvalue weighted by Crippen LogP contribution is -2.54. The van der Waals surface area contributed by atoms with Crippen molar-refractivity contribution >= 4 is 40.9 Å². The number of rotatable bonds is 14. The maximum absolute atomic E-state index is 14.4. The van der Waals surface area contributed by atoms with Crippen LogP contribution in [0.2, 0.25) is 5.02 Å². The fraction of sp³-hybridized carbons (Fsp3) is 0.541. The standard InChI is InChI=1S/C37H51ClN6O7/c1-37(2,36(46)42-16-13-41-14-17-42)51-34-31(48-4)29(30(47-3)32(49-5)33(34)50-6)43-15-7-8-25(21-43)35(45)44(27-11-12-27)22-24-10-9-23(18-28(24)38)26(19-39)20-40/h9-10,18-20,25,27,39,41H,7-8,11-17,21-22,40H2,1-6H3/b26-20+,39-19?/t25-/m1/s1. The number of piperazine rings is 1. The summed E-state index contributed by atoms with van der Waals surface area (Å²) in [6.07, 6.45) is 5.89. The number of anilines is 1. The highest BCUT2D eigenvalue weighted by Crippen LogP contribution is 2.58. The largest absolute Gasteiger partial charge is 0.491 e. The van der Waals surface area contributed by atoms with Crippen molar-refractivity contribution in [1.29, 1.82) is 5.41 Å². The minimum Gasteiger partial charge on any atom is -0.491 e. The molecule has 14 heteroatoms. The van der Waals surface area contributed by atoms with Crippen LogP contribution < -0.4 is 39.6 Å². The second-order valence-corrected chi connectivity index (χ2v) is 13.9. The number of halogens is 1. The van der Waals surface area contributed by atoms with E-state index in [1.807, 2.05) is 17.0 Å². The molecule has 4 N–H and O–H groups in total. The Morgan fingerprint density at radius 3 is 2.18 bits per heavy atom. The number of allylic oxidation sites excluding steroid dienone is 1. The normalized spacial score (nSPS) is 18.2. The molecule has 1 atom stereocenters. The van der Waals surface area contributed by atoms with Gasteiger partial charge in [0.2, 0.25) is 23.2 Å². The van der Waals surface area contributed by atoms with E-state index >= 15 is 0 Å². The molecule has 0 aromatic heterocycles. The average molecular weight is 727 g/mol. The van der Waals surface area contributed by atoms with Crippen LogP contribution in [0.5, 0.6) is 28.7 Å². The molecule has 2 amide bonds. The first-order chi connectivity index (χ1) is 24.5. The summed E-state index contributed by atoms with van der Waals surface area (Å²) < 4.78 is 30.3. The van der Waals surface area contributed by atoms with Crippen LogP contribution in [0.4, 0.5) is 5.69 Å². The molecule has 1 aliphatic carbocycles. The summed E-state index contributed by atoms with van der Waals surface area (Å²) in [5, 5.41) is 11.4. The van der Waals surface area contributed by atoms with E-state index in [1.165, 1.54) is 33.7 Å². The molecule has 0 radical (unpaired) electrons. The predicted octanol–water partition coefficient (Wildman–Crippen LogP) is 4.32. The van der Waals surface area contributed by atoms with Gasteiger partial charge < -0.3 is 54.8 Å². The van der Waals surface area contributed by atoms with Crippen LogP contribution in [-0.2, 0) is 16.1 Å². The van der Waals surface area contributed by atoms with Crippen LogP contribution >= 0.6 is 11.6 Å². The van der Waals surface area contributed by atoms with Gasteiger partial charge >= 0.3 is 0 Å². The average Bonchev–Trinajstić information content (AvgIpc) is 3.99. The number of ether oxygens (including phenoxy) is 5. The van der Waals surface area contributed by atoms with Crippen LogP contribution in [-0.4, -0.2) is 107 Å². The number of piperidine rings is 1. The number of hydrogen-bond donors (Lipinski definition) is 3. The fourth-order valence-electron chi connectivity index (χ4n) is 6.96. The maximum Gasteiger partial charge on any atom is 0.266 e. The van der Waals surface area contributed by atoms with Crippen LogP contribution in [0, 0.1) is 11.3 Å². The molecule has 3 fully saturated rings. The van der Waals surface area contributed by atoms with Gasteiger partial charge in [-0.05, 0) is 56.7 Å². The highest BCUT2D eigenvalue weighted by Gasteiger charge is 2.42. The molecule has 2 heterocycles. The molecular weight excluding hydrogens is 676 g/mol. The summed E-state index contributed by atoms with van der Waals surface area (Å²) in [6.45, 7) is 7.42. The SMILES string of the molecule is COc1c(OC)c(OC)c(N2CCC[C@@H](C(=O)N(Cc3ccc(/C(C=N)=C/N)cc3Cl)C3CC3)C2)c(OC)c1OC(C)(C)C(=O)N1CCNCC1. The van der Waals surface area contributed by atoms with E-state index in [0.717, 1.165) is 30.4 Å². The molecule has 3 aliphatic rings. The van der Waals surface area contributed by atoms with Crippen molar-refractivity contribution in [1.82, 2.24) is 15.1 Å². The summed E-state index contributed by atoms with van der Waals surface area (Å²) in [5.41, 5.74) is 7.10. The van der Waals surface area contributed by atoms with Gasteiger partial charge in [0, 0.05) is 74.9 Å². The first kappa shape index (κ1) is 37.9. The predicted molar refractivity (Wildman–Crippen MR) is 198 cm³/mol. The summed E-state index contributed by atoms with van der Waals surface area (Å²) in [7, 11) is 6.09. The van der Waals surface area contributed by atoms with Crippen LogP contribution in [0.1, 0.15) is 50.7 Å². The van der Waals surface area contributed by atoms with E-state index in [9.17, 15) is 9.59 Å². The Morgan fingerprint density at radius 2 is 1.61 bits per heavy atom. The number of hydrogen-bond acceptors (Lipinski definition) is 11. The zero-order valence-corrected chi connectivity index (χ0v) is 31.2. The molecule has 2 saturated heterocycles. The lowest BCUT2D eigenvalue weighted by Gasteiger charge is -2.39. The first-order valence-corrected chi connectivity index (χ1v) is 17.8. The molecule has 13 nitrogen and oxygen atoms in total. The van der Waals surface area contributed by atoms with Crippen molar-refractivity contribution in [2.24, 2.45) is 11.7 Å². The van der Waals surface area contributed by atoms with Crippen molar-refractivity contribution in [3.05, 3.63) is 40.5 Å². The molecular formula is C37H51ClN6O7. The van der Waals surface area contributed by atoms with Gasteiger partial charge in [-0.1, -0.05) is 23.7 Å². The van der Waals surface area contributed by atoms with Crippen LogP contribution in [0.15, 0.2) is 24.4 Å². The highest BCUT2D eigenvalue weighted by molar-refractivity contribution is 6.31. The third-order valence-corrected chi connectivity index (χ3v) is 10.1. The third-order valence-electron chi connectivity index (χ3n) is 9.77. The van der Waals surface area contributed by atoms with Gasteiger partial charge in [-0.25, -0.2) is 0 Å². The zero-order chi connectivity index (χ0) is 36.9. The maximum atomic E-state index is 14.4. The first-order valence-electron chi connectivity index (χ1n) is 17.4. The van der Waals surface area contributed by atoms with E-state index in [4.69, 9.17) is 46.4 Å². The Hall–Kier alpha value is -4.36. The number of nitrogens with two attached hydrogens (primary N) is 1. The van der Waals surface area contributed by atoms with Crippen molar-refractivity contribution < 1.29 is 33.3 Å². The lowest BCUT2D eigenvalue weighted by atomic mass is 9.95. The quantitative estimate of drug-likeness (QED) is 0.240. The molecule has 278 valence electrons. The van der Waals surface area contributed by atoms with Crippen molar-refractivity contribution in [3.8, 4) is 28.7 Å². The molecule has 0 bridgehead atoms. The Kier molecular flexibility index (Phi) is 12.1. The van der Waals surface area contributed by atoms with Gasteiger partial charge in [0.1, 0.15) is 5.69 Å². The summed E-state index contributed by atoms with van der Waals surface area (Å²) in [6, 6.07) is 5.70. The molecule has 0 unspecified atom stereocenters. The van der Waals surface area contributed by atoms with Gasteiger partial charge in [0.25, 0.3) is 5.91 Å². The van der Waals surface area contributed by atoms with E-state index in [1.54, 1.807) is 31.9 Å². The number of nitrogens with zero attached hydrogens (tertiary/aromatic N) is 3. The van der Waals surface area contributed by atoms with Crippen LogP contribution in [0.3, 0.4) is 0 Å². The summed E-state index contributed by atoms with van der Waals surface area (Å²) in [4.78, 5) is 33.9. The molecule has 0 spiro atoms. The molecule has 51 heavy (non-hydrogen) atoms. The number of methoxy groups -OCH3 is 4. The summed E-state index contributed by atoms with van der Waals surface area (Å²) >= 11 is 6.72. The van der Waals surface area contributed by atoms with Gasteiger partial charge in [-0.3, -0.25) is 9.59 Å². The van der Waals surface area contributed by atoms with E-state index in [-0.39, 0.29) is 41.0 Å². The van der Waals surface area contributed by atoms with Gasteiger partial charge in [0.05, 0.1) is 34.4 Å².